The topological polar surface area (TPSA) is 68.5 Å². The van der Waals surface area contributed by atoms with Gasteiger partial charge in [-0.1, -0.05) is 0 Å². The number of nitrogens with zero attached hydrogens (tertiary/aromatic N) is 1. The van der Waals surface area contributed by atoms with E-state index in [1.165, 1.54) is 12.1 Å². The third kappa shape index (κ3) is 2.91. The Morgan fingerprint density at radius 1 is 1.19 bits per heavy atom. The first kappa shape index (κ1) is 15.1. The predicted octanol–water partition coefficient (Wildman–Crippen LogP) is 3.07. The van der Waals surface area contributed by atoms with E-state index in [2.05, 4.69) is 0 Å². The van der Waals surface area contributed by atoms with Crippen molar-refractivity contribution < 1.29 is 14.6 Å². The molecule has 0 aliphatic carbocycles. The van der Waals surface area contributed by atoms with Gasteiger partial charge in [-0.15, -0.1) is 0 Å². The zero-order valence-electron chi connectivity index (χ0n) is 12.6. The standard InChI is InChI=1S/C16H19NO4/c1-9(2)17-14(18)6-5-11-7-12(16(19)20)8-13(15(11)17)21-10(3)4/h5-10H,1-4H3,(H,19,20). The third-order valence-corrected chi connectivity index (χ3v) is 3.11. The van der Waals surface area contributed by atoms with E-state index < -0.39 is 5.97 Å². The number of fused-ring (bicyclic) bond motifs is 1. The van der Waals surface area contributed by atoms with Crippen molar-refractivity contribution in [2.75, 3.05) is 0 Å². The van der Waals surface area contributed by atoms with E-state index in [1.54, 1.807) is 16.7 Å². The van der Waals surface area contributed by atoms with Gasteiger partial charge in [0.05, 0.1) is 17.2 Å². The van der Waals surface area contributed by atoms with E-state index in [9.17, 15) is 14.7 Å². The normalized spacial score (nSPS) is 11.3. The average molecular weight is 289 g/mol. The molecule has 0 saturated heterocycles. The fourth-order valence-corrected chi connectivity index (χ4v) is 2.35. The Kier molecular flexibility index (Phi) is 4.02. The van der Waals surface area contributed by atoms with Gasteiger partial charge in [-0.2, -0.15) is 0 Å². The minimum atomic E-state index is -1.02. The van der Waals surface area contributed by atoms with Gasteiger partial charge in [-0.3, -0.25) is 4.79 Å². The van der Waals surface area contributed by atoms with Gasteiger partial charge < -0.3 is 14.4 Å². The molecule has 0 spiro atoms. The highest BCUT2D eigenvalue weighted by molar-refractivity contribution is 5.96. The van der Waals surface area contributed by atoms with Gasteiger partial charge in [0.15, 0.2) is 0 Å². The van der Waals surface area contributed by atoms with Crippen LogP contribution >= 0.6 is 0 Å². The maximum absolute atomic E-state index is 12.1. The van der Waals surface area contributed by atoms with Crippen molar-refractivity contribution in [1.29, 1.82) is 0 Å². The van der Waals surface area contributed by atoms with E-state index in [0.717, 1.165) is 0 Å². The smallest absolute Gasteiger partial charge is 0.335 e. The minimum Gasteiger partial charge on any atom is -0.489 e. The molecule has 112 valence electrons. The average Bonchev–Trinajstić information content (AvgIpc) is 2.37. The summed E-state index contributed by atoms with van der Waals surface area (Å²) in [6, 6.07) is 6.07. The van der Waals surface area contributed by atoms with Crippen LogP contribution in [0.3, 0.4) is 0 Å². The van der Waals surface area contributed by atoms with Crippen molar-refractivity contribution in [3.8, 4) is 5.75 Å². The van der Waals surface area contributed by atoms with Gasteiger partial charge in [-0.25, -0.2) is 4.79 Å². The van der Waals surface area contributed by atoms with E-state index in [1.807, 2.05) is 27.7 Å². The van der Waals surface area contributed by atoms with Crippen molar-refractivity contribution in [2.45, 2.75) is 39.8 Å². The second-order valence-electron chi connectivity index (χ2n) is 5.52. The number of rotatable bonds is 4. The van der Waals surface area contributed by atoms with Gasteiger partial charge in [0.1, 0.15) is 5.75 Å². The molecule has 1 aromatic carbocycles. The Hall–Kier alpha value is -2.30. The van der Waals surface area contributed by atoms with Gasteiger partial charge in [0.25, 0.3) is 5.56 Å². The molecule has 0 aliphatic heterocycles. The zero-order chi connectivity index (χ0) is 15.7. The molecule has 2 aromatic rings. The van der Waals surface area contributed by atoms with Crippen LogP contribution in [0.5, 0.6) is 5.75 Å². The molecule has 0 bridgehead atoms. The molecule has 1 heterocycles. The lowest BCUT2D eigenvalue weighted by molar-refractivity contribution is 0.0696. The molecule has 5 heteroatoms. The fourth-order valence-electron chi connectivity index (χ4n) is 2.35. The SMILES string of the molecule is CC(C)Oc1cc(C(=O)O)cc2ccc(=O)n(C(C)C)c12. The van der Waals surface area contributed by atoms with E-state index in [4.69, 9.17) is 4.74 Å². The highest BCUT2D eigenvalue weighted by Gasteiger charge is 2.16. The first-order chi connectivity index (χ1) is 9.81. The maximum atomic E-state index is 12.1. The summed E-state index contributed by atoms with van der Waals surface area (Å²) < 4.78 is 7.36. The molecule has 0 unspecified atom stereocenters. The molecular weight excluding hydrogens is 270 g/mol. The van der Waals surface area contributed by atoms with Crippen molar-refractivity contribution in [2.24, 2.45) is 0 Å². The second-order valence-corrected chi connectivity index (χ2v) is 5.52. The predicted molar refractivity (Wildman–Crippen MR) is 81.3 cm³/mol. The molecule has 5 nitrogen and oxygen atoms in total. The first-order valence-electron chi connectivity index (χ1n) is 6.90. The molecule has 1 N–H and O–H groups in total. The van der Waals surface area contributed by atoms with Gasteiger partial charge in [0.2, 0.25) is 0 Å². The Balaban J connectivity index is 2.88. The van der Waals surface area contributed by atoms with Gasteiger partial charge >= 0.3 is 5.97 Å². The summed E-state index contributed by atoms with van der Waals surface area (Å²) >= 11 is 0. The van der Waals surface area contributed by atoms with Crippen molar-refractivity contribution in [3.05, 3.63) is 40.2 Å². The van der Waals surface area contributed by atoms with Crippen molar-refractivity contribution in [3.63, 3.8) is 0 Å². The van der Waals surface area contributed by atoms with Crippen LogP contribution in [-0.2, 0) is 0 Å². The largest absolute Gasteiger partial charge is 0.489 e. The summed E-state index contributed by atoms with van der Waals surface area (Å²) in [5.41, 5.74) is 0.650. The monoisotopic (exact) mass is 289 g/mol. The Morgan fingerprint density at radius 2 is 1.86 bits per heavy atom. The number of carboxylic acid groups (broad SMARTS) is 1. The van der Waals surface area contributed by atoms with Crippen LogP contribution < -0.4 is 10.3 Å². The third-order valence-electron chi connectivity index (χ3n) is 3.11. The number of carbonyl (C=O) groups is 1. The summed E-state index contributed by atoms with van der Waals surface area (Å²) in [7, 11) is 0. The van der Waals surface area contributed by atoms with Crippen LogP contribution in [0.1, 0.15) is 44.1 Å². The van der Waals surface area contributed by atoms with E-state index >= 15 is 0 Å². The lowest BCUT2D eigenvalue weighted by Gasteiger charge is -2.19. The van der Waals surface area contributed by atoms with Crippen LogP contribution in [0, 0.1) is 0 Å². The number of ether oxygens (including phenoxy) is 1. The Morgan fingerprint density at radius 3 is 2.38 bits per heavy atom. The number of benzene rings is 1. The van der Waals surface area contributed by atoms with Crippen molar-refractivity contribution >= 4 is 16.9 Å². The fraction of sp³-hybridized carbons (Fsp3) is 0.375. The number of aromatic nitrogens is 1. The summed E-state index contributed by atoms with van der Waals surface area (Å²) in [4.78, 5) is 23.4. The van der Waals surface area contributed by atoms with Crippen LogP contribution in [-0.4, -0.2) is 21.7 Å². The van der Waals surface area contributed by atoms with Crippen LogP contribution in [0.2, 0.25) is 0 Å². The van der Waals surface area contributed by atoms with Gasteiger partial charge in [0, 0.05) is 17.5 Å². The Bertz CT molecular complexity index is 744. The Labute approximate surface area is 122 Å². The van der Waals surface area contributed by atoms with Crippen LogP contribution in [0.4, 0.5) is 0 Å². The summed E-state index contributed by atoms with van der Waals surface area (Å²) in [6.07, 6.45) is -0.117. The quantitative estimate of drug-likeness (QED) is 0.939. The number of pyridine rings is 1. The van der Waals surface area contributed by atoms with Crippen LogP contribution in [0.25, 0.3) is 10.9 Å². The lowest BCUT2D eigenvalue weighted by atomic mass is 10.1. The first-order valence-corrected chi connectivity index (χ1v) is 6.90. The van der Waals surface area contributed by atoms with Gasteiger partial charge in [-0.05, 0) is 45.9 Å². The lowest BCUT2D eigenvalue weighted by Crippen LogP contribution is -2.22. The molecule has 2 rings (SSSR count). The molecule has 0 aliphatic rings. The number of hydrogen-bond acceptors (Lipinski definition) is 3. The molecule has 1 aromatic heterocycles. The molecule has 21 heavy (non-hydrogen) atoms. The number of aromatic carboxylic acids is 1. The summed E-state index contributed by atoms with van der Waals surface area (Å²) in [5.74, 6) is -0.598. The maximum Gasteiger partial charge on any atom is 0.335 e. The zero-order valence-corrected chi connectivity index (χ0v) is 12.6. The highest BCUT2D eigenvalue weighted by Crippen LogP contribution is 2.29. The molecule has 0 amide bonds. The molecular formula is C16H19NO4. The van der Waals surface area contributed by atoms with E-state index in [0.29, 0.717) is 16.7 Å². The van der Waals surface area contributed by atoms with Crippen LogP contribution in [0.15, 0.2) is 29.1 Å². The highest BCUT2D eigenvalue weighted by atomic mass is 16.5. The molecule has 0 fully saturated rings. The summed E-state index contributed by atoms with van der Waals surface area (Å²) in [6.45, 7) is 7.54. The van der Waals surface area contributed by atoms with E-state index in [-0.39, 0.29) is 23.3 Å². The molecule has 0 radical (unpaired) electrons. The minimum absolute atomic E-state index is 0.0496. The number of hydrogen-bond donors (Lipinski definition) is 1. The van der Waals surface area contributed by atoms with Crippen molar-refractivity contribution in [1.82, 2.24) is 4.57 Å². The second kappa shape index (κ2) is 5.60. The molecule has 0 saturated carbocycles. The number of carboxylic acids is 1. The molecule has 0 atom stereocenters. The summed E-state index contributed by atoms with van der Waals surface area (Å²) in [5, 5.41) is 9.89.